The number of nitrogens with zero attached hydrogens (tertiary/aromatic N) is 2. The summed E-state index contributed by atoms with van der Waals surface area (Å²) in [5.41, 5.74) is 0. The molecular formula is C18H33N3O3S2. The molecule has 150 valence electrons. The van der Waals surface area contributed by atoms with Gasteiger partial charge >= 0.3 is 0 Å². The first kappa shape index (κ1) is 21.8. The molecule has 0 aliphatic carbocycles. The molecule has 1 aliphatic heterocycles. The summed E-state index contributed by atoms with van der Waals surface area (Å²) in [4.78, 5) is 3.52. The first-order chi connectivity index (χ1) is 12.6. The van der Waals surface area contributed by atoms with E-state index in [4.69, 9.17) is 4.74 Å². The van der Waals surface area contributed by atoms with Crippen LogP contribution in [-0.4, -0.2) is 63.6 Å². The Labute approximate surface area is 162 Å². The van der Waals surface area contributed by atoms with Crippen LogP contribution in [0.1, 0.15) is 50.4 Å². The van der Waals surface area contributed by atoms with Gasteiger partial charge in [0.2, 0.25) is 0 Å². The molecule has 0 saturated carbocycles. The monoisotopic (exact) mass is 403 g/mol. The summed E-state index contributed by atoms with van der Waals surface area (Å²) in [7, 11) is -3.46. The molecule has 1 atom stereocenters. The van der Waals surface area contributed by atoms with E-state index in [9.17, 15) is 8.42 Å². The van der Waals surface area contributed by atoms with Crippen LogP contribution in [0.2, 0.25) is 0 Å². The molecule has 6 nitrogen and oxygen atoms in total. The molecule has 1 N–H and O–H groups in total. The molecular weight excluding hydrogens is 370 g/mol. The molecule has 0 amide bonds. The average Bonchev–Trinajstić information content (AvgIpc) is 3.17. The van der Waals surface area contributed by atoms with Crippen molar-refractivity contribution in [3.05, 3.63) is 22.4 Å². The van der Waals surface area contributed by atoms with E-state index in [0.717, 1.165) is 38.8 Å². The van der Waals surface area contributed by atoms with Crippen molar-refractivity contribution in [1.82, 2.24) is 13.9 Å². The molecule has 0 unspecified atom stereocenters. The second-order valence-electron chi connectivity index (χ2n) is 6.64. The van der Waals surface area contributed by atoms with Gasteiger partial charge in [0.05, 0.1) is 19.3 Å². The van der Waals surface area contributed by atoms with Gasteiger partial charge in [-0.1, -0.05) is 32.8 Å². The normalized spacial score (nSPS) is 17.7. The van der Waals surface area contributed by atoms with Gasteiger partial charge in [0.25, 0.3) is 10.2 Å². The van der Waals surface area contributed by atoms with Crippen LogP contribution < -0.4 is 4.72 Å². The van der Waals surface area contributed by atoms with Gasteiger partial charge in [0.1, 0.15) is 0 Å². The van der Waals surface area contributed by atoms with E-state index < -0.39 is 10.2 Å². The summed E-state index contributed by atoms with van der Waals surface area (Å²) in [5, 5.41) is 2.05. The number of ether oxygens (including phenoxy) is 1. The smallest absolute Gasteiger partial charge is 0.279 e. The van der Waals surface area contributed by atoms with Crippen molar-refractivity contribution in [3.63, 3.8) is 0 Å². The van der Waals surface area contributed by atoms with Crippen molar-refractivity contribution >= 4 is 21.5 Å². The van der Waals surface area contributed by atoms with Crippen LogP contribution >= 0.6 is 11.3 Å². The van der Waals surface area contributed by atoms with Gasteiger partial charge < -0.3 is 4.74 Å². The van der Waals surface area contributed by atoms with Gasteiger partial charge in [-0.2, -0.15) is 12.7 Å². The number of rotatable bonds is 12. The Morgan fingerprint density at radius 1 is 1.23 bits per heavy atom. The van der Waals surface area contributed by atoms with Crippen LogP contribution in [0.15, 0.2) is 17.5 Å². The molecule has 0 spiro atoms. The minimum absolute atomic E-state index is 0.0628. The minimum Gasteiger partial charge on any atom is -0.379 e. The maximum Gasteiger partial charge on any atom is 0.279 e. The molecule has 8 heteroatoms. The highest BCUT2D eigenvalue weighted by molar-refractivity contribution is 7.87. The van der Waals surface area contributed by atoms with Gasteiger partial charge in [-0.15, -0.1) is 11.3 Å². The third-order valence-corrected chi connectivity index (χ3v) is 7.23. The van der Waals surface area contributed by atoms with Crippen LogP contribution in [0.25, 0.3) is 0 Å². The first-order valence-corrected chi connectivity index (χ1v) is 12.0. The molecule has 1 aliphatic rings. The number of unbranched alkanes of at least 4 members (excludes halogenated alkanes) is 2. The van der Waals surface area contributed by atoms with E-state index in [1.165, 1.54) is 4.88 Å². The van der Waals surface area contributed by atoms with Crippen LogP contribution in [-0.2, 0) is 14.9 Å². The summed E-state index contributed by atoms with van der Waals surface area (Å²) < 4.78 is 35.7. The lowest BCUT2D eigenvalue weighted by Gasteiger charge is -2.34. The van der Waals surface area contributed by atoms with Gasteiger partial charge in [0, 0.05) is 37.6 Å². The largest absolute Gasteiger partial charge is 0.379 e. The molecule has 26 heavy (non-hydrogen) atoms. The van der Waals surface area contributed by atoms with E-state index in [-0.39, 0.29) is 6.04 Å². The molecule has 1 fully saturated rings. The molecule has 1 aromatic heterocycles. The van der Waals surface area contributed by atoms with E-state index in [1.54, 1.807) is 15.6 Å². The first-order valence-electron chi connectivity index (χ1n) is 9.68. The quantitative estimate of drug-likeness (QED) is 0.583. The number of hydrogen-bond donors (Lipinski definition) is 1. The zero-order valence-corrected chi connectivity index (χ0v) is 17.7. The third-order valence-electron chi connectivity index (χ3n) is 4.68. The van der Waals surface area contributed by atoms with Crippen molar-refractivity contribution in [2.24, 2.45) is 0 Å². The van der Waals surface area contributed by atoms with Crippen LogP contribution in [0.4, 0.5) is 0 Å². The summed E-state index contributed by atoms with van der Waals surface area (Å²) >= 11 is 1.68. The Morgan fingerprint density at radius 3 is 2.42 bits per heavy atom. The van der Waals surface area contributed by atoms with Gasteiger partial charge in [-0.05, 0) is 24.3 Å². The van der Waals surface area contributed by atoms with Crippen molar-refractivity contribution in [2.75, 3.05) is 45.9 Å². The van der Waals surface area contributed by atoms with E-state index in [1.807, 2.05) is 11.4 Å². The zero-order valence-electron chi connectivity index (χ0n) is 16.0. The summed E-state index contributed by atoms with van der Waals surface area (Å²) in [5.74, 6) is 0. The van der Waals surface area contributed by atoms with Crippen molar-refractivity contribution in [3.8, 4) is 0 Å². The lowest BCUT2D eigenvalue weighted by molar-refractivity contribution is 0.0178. The van der Waals surface area contributed by atoms with Crippen molar-refractivity contribution < 1.29 is 13.2 Å². The Hall–Kier alpha value is -0.510. The van der Waals surface area contributed by atoms with E-state index >= 15 is 0 Å². The highest BCUT2D eigenvalue weighted by Gasteiger charge is 2.27. The van der Waals surface area contributed by atoms with Gasteiger partial charge in [0.15, 0.2) is 0 Å². The predicted molar refractivity (Wildman–Crippen MR) is 108 cm³/mol. The van der Waals surface area contributed by atoms with E-state index in [2.05, 4.69) is 29.5 Å². The Morgan fingerprint density at radius 2 is 1.88 bits per heavy atom. The molecule has 1 saturated heterocycles. The maximum absolute atomic E-state index is 12.9. The van der Waals surface area contributed by atoms with Crippen molar-refractivity contribution in [2.45, 2.75) is 45.6 Å². The molecule has 0 radical (unpaired) electrons. The van der Waals surface area contributed by atoms with Gasteiger partial charge in [-0.3, -0.25) is 4.90 Å². The topological polar surface area (TPSA) is 61.9 Å². The zero-order chi connectivity index (χ0) is 18.8. The minimum atomic E-state index is -3.46. The number of thiophene rings is 1. The summed E-state index contributed by atoms with van der Waals surface area (Å²) in [6.45, 7) is 8.82. The fourth-order valence-electron chi connectivity index (χ4n) is 3.08. The highest BCUT2D eigenvalue weighted by Crippen LogP contribution is 2.25. The molecule has 2 heterocycles. The lowest BCUT2D eigenvalue weighted by atomic mass is 10.2. The standard InChI is InChI=1S/C18H33N3O3S2/c1-3-5-9-21(10-6-4-2)26(22,23)19-16-17(18-8-7-15-25-18)20-11-13-24-14-12-20/h7-8,15,17,19H,3-6,9-14,16H2,1-2H3/t17-/m0/s1. The second-order valence-corrected chi connectivity index (χ2v) is 9.37. The number of nitrogens with one attached hydrogen (secondary N) is 1. The fraction of sp³-hybridized carbons (Fsp3) is 0.778. The Bertz CT molecular complexity index is 579. The maximum atomic E-state index is 12.9. The van der Waals surface area contributed by atoms with Crippen LogP contribution in [0.5, 0.6) is 0 Å². The molecule has 2 rings (SSSR count). The molecule has 0 aromatic carbocycles. The van der Waals surface area contributed by atoms with Crippen LogP contribution in [0, 0.1) is 0 Å². The average molecular weight is 404 g/mol. The number of morpholine rings is 1. The molecule has 1 aromatic rings. The Balaban J connectivity index is 2.04. The SMILES string of the molecule is CCCCN(CCCC)S(=O)(=O)NC[C@@H](c1cccs1)N1CCOCC1. The lowest BCUT2D eigenvalue weighted by Crippen LogP contribution is -2.47. The number of hydrogen-bond acceptors (Lipinski definition) is 5. The molecule has 0 bridgehead atoms. The van der Waals surface area contributed by atoms with Crippen molar-refractivity contribution in [1.29, 1.82) is 0 Å². The van der Waals surface area contributed by atoms with E-state index in [0.29, 0.717) is 32.8 Å². The Kier molecular flexibility index (Phi) is 9.52. The van der Waals surface area contributed by atoms with Gasteiger partial charge in [-0.25, -0.2) is 4.72 Å². The second kappa shape index (κ2) is 11.4. The predicted octanol–water partition coefficient (Wildman–Crippen LogP) is 2.86. The fourth-order valence-corrected chi connectivity index (χ4v) is 5.23. The van der Waals surface area contributed by atoms with Crippen LogP contribution in [0.3, 0.4) is 0 Å². The highest BCUT2D eigenvalue weighted by atomic mass is 32.2. The summed E-state index contributed by atoms with van der Waals surface area (Å²) in [6.07, 6.45) is 3.76. The third kappa shape index (κ3) is 6.58. The summed E-state index contributed by atoms with van der Waals surface area (Å²) in [6, 6.07) is 4.18.